The first-order valence-corrected chi connectivity index (χ1v) is 9.49. The molecule has 0 spiro atoms. The van der Waals surface area contributed by atoms with E-state index in [0.717, 1.165) is 31.6 Å². The van der Waals surface area contributed by atoms with Gasteiger partial charge in [0.1, 0.15) is 0 Å². The Bertz CT molecular complexity index is 635. The van der Waals surface area contributed by atoms with E-state index in [4.69, 9.17) is 0 Å². The van der Waals surface area contributed by atoms with Gasteiger partial charge in [0.05, 0.1) is 10.6 Å². The molecule has 1 aliphatic rings. The van der Waals surface area contributed by atoms with E-state index < -0.39 is 0 Å². The van der Waals surface area contributed by atoms with Gasteiger partial charge in [0.2, 0.25) is 5.91 Å². The van der Waals surface area contributed by atoms with Crippen molar-refractivity contribution in [2.75, 3.05) is 18.4 Å². The summed E-state index contributed by atoms with van der Waals surface area (Å²) in [6.07, 6.45) is 3.78. The first kappa shape index (κ1) is 18.4. The molecule has 0 saturated carbocycles. The van der Waals surface area contributed by atoms with E-state index in [1.807, 2.05) is 5.38 Å². The summed E-state index contributed by atoms with van der Waals surface area (Å²) in [6, 6.07) is 4.25. The van der Waals surface area contributed by atoms with E-state index in [0.29, 0.717) is 17.5 Å². The molecule has 7 heteroatoms. The zero-order chi connectivity index (χ0) is 15.4. The van der Waals surface area contributed by atoms with E-state index in [2.05, 4.69) is 34.7 Å². The molecule has 1 aliphatic heterocycles. The predicted molar refractivity (Wildman–Crippen MR) is 101 cm³/mol. The third-order valence-electron chi connectivity index (χ3n) is 3.96. The Morgan fingerprint density at radius 3 is 3.04 bits per heavy atom. The number of thiophene rings is 1. The standard InChI is InChI=1S/C16H21N3OS2.ClH/c1-2-12-4-5-14(22-12)13-10-21-16(18-13)19-15(20)6-3-11-7-8-17-9-11;/h4-5,10-11,17H,2-3,6-9H2,1H3,(H,18,19,20);1H. The van der Waals surface area contributed by atoms with Crippen molar-refractivity contribution in [1.82, 2.24) is 10.3 Å². The molecular weight excluding hydrogens is 350 g/mol. The summed E-state index contributed by atoms with van der Waals surface area (Å²) in [7, 11) is 0. The molecule has 0 aromatic carbocycles. The number of aromatic nitrogens is 1. The Morgan fingerprint density at radius 2 is 2.35 bits per heavy atom. The minimum Gasteiger partial charge on any atom is -0.316 e. The van der Waals surface area contributed by atoms with Gasteiger partial charge in [-0.1, -0.05) is 6.92 Å². The lowest BCUT2D eigenvalue weighted by atomic mass is 10.0. The second-order valence-corrected chi connectivity index (χ2v) is 7.63. The highest BCUT2D eigenvalue weighted by Crippen LogP contribution is 2.31. The quantitative estimate of drug-likeness (QED) is 0.800. The molecular formula is C16H22ClN3OS2. The number of rotatable bonds is 6. The van der Waals surface area contributed by atoms with E-state index in [1.165, 1.54) is 27.5 Å². The van der Waals surface area contributed by atoms with Crippen LogP contribution in [0.3, 0.4) is 0 Å². The highest BCUT2D eigenvalue weighted by molar-refractivity contribution is 7.17. The molecule has 0 aliphatic carbocycles. The maximum absolute atomic E-state index is 12.0. The highest BCUT2D eigenvalue weighted by Gasteiger charge is 2.16. The van der Waals surface area contributed by atoms with Crippen LogP contribution in [0.25, 0.3) is 10.6 Å². The van der Waals surface area contributed by atoms with Crippen molar-refractivity contribution in [2.45, 2.75) is 32.6 Å². The molecule has 126 valence electrons. The van der Waals surface area contributed by atoms with E-state index >= 15 is 0 Å². The van der Waals surface area contributed by atoms with Gasteiger partial charge in [0, 0.05) is 16.7 Å². The molecule has 0 bridgehead atoms. The van der Waals surface area contributed by atoms with Crippen LogP contribution in [0.15, 0.2) is 17.5 Å². The number of amides is 1. The SMILES string of the molecule is CCc1ccc(-c2csc(NC(=O)CCC3CCNC3)n2)s1.Cl. The lowest BCUT2D eigenvalue weighted by Crippen LogP contribution is -2.14. The predicted octanol–water partition coefficient (Wildman–Crippen LogP) is 4.18. The summed E-state index contributed by atoms with van der Waals surface area (Å²) >= 11 is 3.27. The van der Waals surface area contributed by atoms with Gasteiger partial charge in [-0.2, -0.15) is 0 Å². The lowest BCUT2D eigenvalue weighted by Gasteiger charge is -2.06. The first-order valence-electron chi connectivity index (χ1n) is 7.79. The van der Waals surface area contributed by atoms with Crippen LogP contribution in [-0.4, -0.2) is 24.0 Å². The van der Waals surface area contributed by atoms with E-state index in [1.54, 1.807) is 11.3 Å². The van der Waals surface area contributed by atoms with Crippen molar-refractivity contribution in [3.8, 4) is 10.6 Å². The molecule has 2 aromatic rings. The minimum absolute atomic E-state index is 0. The second kappa shape index (κ2) is 8.78. The van der Waals surface area contributed by atoms with Crippen LogP contribution < -0.4 is 10.6 Å². The molecule has 3 heterocycles. The van der Waals surface area contributed by atoms with Gasteiger partial charge < -0.3 is 10.6 Å². The molecule has 1 atom stereocenters. The van der Waals surface area contributed by atoms with Gasteiger partial charge in [0.15, 0.2) is 5.13 Å². The fourth-order valence-corrected chi connectivity index (χ4v) is 4.34. The number of hydrogen-bond donors (Lipinski definition) is 2. The number of hydrogen-bond acceptors (Lipinski definition) is 5. The van der Waals surface area contributed by atoms with Crippen LogP contribution in [0.4, 0.5) is 5.13 Å². The first-order chi connectivity index (χ1) is 10.7. The molecule has 1 amide bonds. The number of carbonyl (C=O) groups is 1. The zero-order valence-corrected chi connectivity index (χ0v) is 15.6. The largest absolute Gasteiger partial charge is 0.316 e. The molecule has 3 rings (SSSR count). The molecule has 0 radical (unpaired) electrons. The maximum Gasteiger partial charge on any atom is 0.226 e. The molecule has 4 nitrogen and oxygen atoms in total. The number of aryl methyl sites for hydroxylation is 1. The van der Waals surface area contributed by atoms with Crippen molar-refractivity contribution < 1.29 is 4.79 Å². The highest BCUT2D eigenvalue weighted by atomic mass is 35.5. The van der Waals surface area contributed by atoms with Crippen LogP contribution in [0.2, 0.25) is 0 Å². The number of halogens is 1. The summed E-state index contributed by atoms with van der Waals surface area (Å²) in [4.78, 5) is 19.1. The third kappa shape index (κ3) is 5.01. The zero-order valence-electron chi connectivity index (χ0n) is 13.1. The Labute approximate surface area is 151 Å². The van der Waals surface area contributed by atoms with Crippen LogP contribution in [0.5, 0.6) is 0 Å². The van der Waals surface area contributed by atoms with Crippen molar-refractivity contribution in [3.63, 3.8) is 0 Å². The van der Waals surface area contributed by atoms with Gasteiger partial charge in [-0.15, -0.1) is 35.1 Å². The Balaban J connectivity index is 0.00000192. The average Bonchev–Trinajstić information content (AvgIpc) is 3.25. The topological polar surface area (TPSA) is 54.0 Å². The third-order valence-corrected chi connectivity index (χ3v) is 5.96. The van der Waals surface area contributed by atoms with Gasteiger partial charge in [-0.25, -0.2) is 4.98 Å². The van der Waals surface area contributed by atoms with Crippen LogP contribution in [0.1, 0.15) is 31.1 Å². The molecule has 23 heavy (non-hydrogen) atoms. The molecule has 1 fully saturated rings. The van der Waals surface area contributed by atoms with Crippen molar-refractivity contribution in [2.24, 2.45) is 5.92 Å². The van der Waals surface area contributed by atoms with Gasteiger partial charge in [-0.05, 0) is 50.4 Å². The molecule has 1 saturated heterocycles. The van der Waals surface area contributed by atoms with E-state index in [9.17, 15) is 4.79 Å². The summed E-state index contributed by atoms with van der Waals surface area (Å²) in [5.74, 6) is 0.726. The number of anilines is 1. The Morgan fingerprint density at radius 1 is 1.48 bits per heavy atom. The fourth-order valence-electron chi connectivity index (χ4n) is 2.63. The van der Waals surface area contributed by atoms with Gasteiger partial charge in [0.25, 0.3) is 0 Å². The van der Waals surface area contributed by atoms with Crippen molar-refractivity contribution in [3.05, 3.63) is 22.4 Å². The molecule has 2 aromatic heterocycles. The number of nitrogens with zero attached hydrogens (tertiary/aromatic N) is 1. The molecule has 2 N–H and O–H groups in total. The van der Waals surface area contributed by atoms with Crippen molar-refractivity contribution in [1.29, 1.82) is 0 Å². The monoisotopic (exact) mass is 371 g/mol. The number of nitrogens with one attached hydrogen (secondary N) is 2. The summed E-state index contributed by atoms with van der Waals surface area (Å²) < 4.78 is 0. The van der Waals surface area contributed by atoms with Crippen molar-refractivity contribution >= 4 is 46.1 Å². The smallest absolute Gasteiger partial charge is 0.226 e. The average molecular weight is 372 g/mol. The van der Waals surface area contributed by atoms with Crippen LogP contribution >= 0.6 is 35.1 Å². The van der Waals surface area contributed by atoms with E-state index in [-0.39, 0.29) is 18.3 Å². The van der Waals surface area contributed by atoms with Crippen LogP contribution in [-0.2, 0) is 11.2 Å². The fraction of sp³-hybridized carbons (Fsp3) is 0.500. The number of carbonyl (C=O) groups excluding carboxylic acids is 1. The number of thiazole rings is 1. The summed E-state index contributed by atoms with van der Waals surface area (Å²) in [5, 5.41) is 8.98. The second-order valence-electron chi connectivity index (χ2n) is 5.60. The van der Waals surface area contributed by atoms with Gasteiger partial charge >= 0.3 is 0 Å². The summed E-state index contributed by atoms with van der Waals surface area (Å²) in [6.45, 7) is 4.29. The Kier molecular flexibility index (Phi) is 7.02. The lowest BCUT2D eigenvalue weighted by molar-refractivity contribution is -0.116. The Hall–Kier alpha value is -0.950. The normalized spacial score (nSPS) is 17.0. The molecule has 1 unspecified atom stereocenters. The summed E-state index contributed by atoms with van der Waals surface area (Å²) in [5.41, 5.74) is 0.963. The maximum atomic E-state index is 12.0. The minimum atomic E-state index is 0. The van der Waals surface area contributed by atoms with Gasteiger partial charge in [-0.3, -0.25) is 4.79 Å². The van der Waals surface area contributed by atoms with Crippen LogP contribution in [0, 0.1) is 5.92 Å².